The van der Waals surface area contributed by atoms with Crippen molar-refractivity contribution in [1.82, 2.24) is 0 Å². The van der Waals surface area contributed by atoms with Crippen LogP contribution in [0.25, 0.3) is 0 Å². The molecule has 0 bridgehead atoms. The summed E-state index contributed by atoms with van der Waals surface area (Å²) < 4.78 is 11.5. The molecule has 0 aliphatic carbocycles. The first-order valence-corrected chi connectivity index (χ1v) is 6.81. The van der Waals surface area contributed by atoms with Crippen molar-refractivity contribution in [2.75, 3.05) is 18.5 Å². The number of furan rings is 1. The van der Waals surface area contributed by atoms with Gasteiger partial charge in [-0.25, -0.2) is 0 Å². The van der Waals surface area contributed by atoms with E-state index in [1.807, 2.05) is 36.4 Å². The Morgan fingerprint density at radius 2 is 2.05 bits per heavy atom. The average molecular weight is 326 g/mol. The fraction of sp³-hybridized carbons (Fsp3) is 0.286. The van der Waals surface area contributed by atoms with Crippen molar-refractivity contribution < 1.29 is 14.3 Å². The van der Waals surface area contributed by atoms with Crippen LogP contribution in [0.3, 0.4) is 0 Å². The molecule has 0 fully saturated rings. The summed E-state index contributed by atoms with van der Waals surface area (Å²) >= 11 is 3.37. The van der Waals surface area contributed by atoms with Gasteiger partial charge in [0.1, 0.15) is 12.4 Å². The molecule has 0 aliphatic rings. The molecular weight excluding hydrogens is 310 g/mol. The van der Waals surface area contributed by atoms with E-state index in [0.717, 1.165) is 15.9 Å². The number of nitrogens with one attached hydrogen (secondary N) is 1. The molecule has 2 aromatic rings. The van der Waals surface area contributed by atoms with Gasteiger partial charge in [0.15, 0.2) is 0 Å². The predicted octanol–water partition coefficient (Wildman–Crippen LogP) is 3.03. The third-order valence-electron chi connectivity index (χ3n) is 2.52. The van der Waals surface area contributed by atoms with Gasteiger partial charge in [0, 0.05) is 16.7 Å². The SMILES string of the molecule is OC(CNc1ccc(Br)cc1)COCc1ccco1. The Hall–Kier alpha value is -1.30. The highest BCUT2D eigenvalue weighted by Crippen LogP contribution is 2.14. The number of halogens is 1. The normalized spacial score (nSPS) is 12.3. The summed E-state index contributed by atoms with van der Waals surface area (Å²) in [6.07, 6.45) is 1.04. The van der Waals surface area contributed by atoms with Crippen molar-refractivity contribution in [3.8, 4) is 0 Å². The van der Waals surface area contributed by atoms with Gasteiger partial charge in [-0.3, -0.25) is 0 Å². The van der Waals surface area contributed by atoms with E-state index in [1.54, 1.807) is 6.26 Å². The van der Waals surface area contributed by atoms with E-state index in [1.165, 1.54) is 0 Å². The van der Waals surface area contributed by atoms with Gasteiger partial charge in [0.2, 0.25) is 0 Å². The highest BCUT2D eigenvalue weighted by molar-refractivity contribution is 9.10. The van der Waals surface area contributed by atoms with Crippen LogP contribution in [-0.4, -0.2) is 24.4 Å². The van der Waals surface area contributed by atoms with Crippen molar-refractivity contribution in [1.29, 1.82) is 0 Å². The molecule has 0 saturated carbocycles. The molecule has 5 heteroatoms. The minimum Gasteiger partial charge on any atom is -0.467 e. The molecule has 1 heterocycles. The summed E-state index contributed by atoms with van der Waals surface area (Å²) in [6, 6.07) is 11.4. The van der Waals surface area contributed by atoms with Gasteiger partial charge in [-0.2, -0.15) is 0 Å². The summed E-state index contributed by atoms with van der Waals surface area (Å²) in [4.78, 5) is 0. The molecule has 0 saturated heterocycles. The van der Waals surface area contributed by atoms with E-state index >= 15 is 0 Å². The monoisotopic (exact) mass is 325 g/mol. The van der Waals surface area contributed by atoms with Gasteiger partial charge >= 0.3 is 0 Å². The molecule has 0 amide bonds. The number of hydrogen-bond donors (Lipinski definition) is 2. The zero-order chi connectivity index (χ0) is 13.5. The fourth-order valence-electron chi connectivity index (χ4n) is 1.55. The quantitative estimate of drug-likeness (QED) is 0.821. The summed E-state index contributed by atoms with van der Waals surface area (Å²) in [5.74, 6) is 0.757. The number of anilines is 1. The number of benzene rings is 1. The minimum absolute atomic E-state index is 0.268. The summed E-state index contributed by atoms with van der Waals surface area (Å²) in [7, 11) is 0. The van der Waals surface area contributed by atoms with Crippen molar-refractivity contribution in [3.63, 3.8) is 0 Å². The van der Waals surface area contributed by atoms with Crippen LogP contribution in [0.1, 0.15) is 5.76 Å². The third kappa shape index (κ3) is 5.06. The van der Waals surface area contributed by atoms with Gasteiger partial charge < -0.3 is 19.6 Å². The smallest absolute Gasteiger partial charge is 0.129 e. The Kier molecular flexibility index (Phi) is 5.44. The van der Waals surface area contributed by atoms with Crippen molar-refractivity contribution in [3.05, 3.63) is 52.9 Å². The van der Waals surface area contributed by atoms with Gasteiger partial charge in [-0.05, 0) is 36.4 Å². The van der Waals surface area contributed by atoms with Crippen molar-refractivity contribution in [2.24, 2.45) is 0 Å². The zero-order valence-corrected chi connectivity index (χ0v) is 12.0. The van der Waals surface area contributed by atoms with Crippen LogP contribution in [-0.2, 0) is 11.3 Å². The van der Waals surface area contributed by atoms with E-state index in [4.69, 9.17) is 9.15 Å². The molecule has 0 spiro atoms. The lowest BCUT2D eigenvalue weighted by Crippen LogP contribution is -2.24. The molecule has 2 N–H and O–H groups in total. The molecule has 0 aliphatic heterocycles. The number of aliphatic hydroxyl groups excluding tert-OH is 1. The Bertz CT molecular complexity index is 470. The Morgan fingerprint density at radius 1 is 1.26 bits per heavy atom. The molecule has 1 aromatic heterocycles. The van der Waals surface area contributed by atoms with Crippen LogP contribution in [0.15, 0.2) is 51.6 Å². The predicted molar refractivity (Wildman–Crippen MR) is 77.0 cm³/mol. The lowest BCUT2D eigenvalue weighted by atomic mass is 10.3. The minimum atomic E-state index is -0.557. The Morgan fingerprint density at radius 3 is 2.74 bits per heavy atom. The maximum Gasteiger partial charge on any atom is 0.129 e. The largest absolute Gasteiger partial charge is 0.467 e. The lowest BCUT2D eigenvalue weighted by molar-refractivity contribution is 0.0282. The van der Waals surface area contributed by atoms with Gasteiger partial charge in [0.25, 0.3) is 0 Å². The number of ether oxygens (including phenoxy) is 1. The molecule has 4 nitrogen and oxygen atoms in total. The number of aliphatic hydroxyl groups is 1. The first kappa shape index (κ1) is 14.1. The molecule has 19 heavy (non-hydrogen) atoms. The Balaban J connectivity index is 1.64. The first-order chi connectivity index (χ1) is 9.24. The van der Waals surface area contributed by atoms with Gasteiger partial charge in [0.05, 0.1) is 19.0 Å². The number of rotatable bonds is 7. The van der Waals surface area contributed by atoms with Crippen molar-refractivity contribution >= 4 is 21.6 Å². The highest BCUT2D eigenvalue weighted by atomic mass is 79.9. The third-order valence-corrected chi connectivity index (χ3v) is 3.05. The molecule has 102 valence electrons. The van der Waals surface area contributed by atoms with E-state index in [2.05, 4.69) is 21.2 Å². The molecule has 0 radical (unpaired) electrons. The van der Waals surface area contributed by atoms with Crippen LogP contribution in [0.5, 0.6) is 0 Å². The standard InChI is InChI=1S/C14H16BrNO3/c15-11-3-5-12(6-4-11)16-8-13(17)9-18-10-14-2-1-7-19-14/h1-7,13,16-17H,8-10H2. The summed E-state index contributed by atoms with van der Waals surface area (Å²) in [5, 5.41) is 12.9. The van der Waals surface area contributed by atoms with Gasteiger partial charge in [-0.15, -0.1) is 0 Å². The van der Waals surface area contributed by atoms with E-state index in [-0.39, 0.29) is 6.61 Å². The topological polar surface area (TPSA) is 54.6 Å². The second kappa shape index (κ2) is 7.33. The van der Waals surface area contributed by atoms with Crippen molar-refractivity contribution in [2.45, 2.75) is 12.7 Å². The van der Waals surface area contributed by atoms with Crippen LogP contribution in [0.2, 0.25) is 0 Å². The van der Waals surface area contributed by atoms with Crippen LogP contribution >= 0.6 is 15.9 Å². The average Bonchev–Trinajstić information content (AvgIpc) is 2.91. The Labute approximate surface area is 120 Å². The fourth-order valence-corrected chi connectivity index (χ4v) is 1.82. The van der Waals surface area contributed by atoms with E-state index < -0.39 is 6.10 Å². The molecular formula is C14H16BrNO3. The molecule has 1 atom stereocenters. The lowest BCUT2D eigenvalue weighted by Gasteiger charge is -2.12. The first-order valence-electron chi connectivity index (χ1n) is 6.01. The van der Waals surface area contributed by atoms with E-state index in [0.29, 0.717) is 13.2 Å². The van der Waals surface area contributed by atoms with E-state index in [9.17, 15) is 5.11 Å². The maximum atomic E-state index is 9.77. The maximum absolute atomic E-state index is 9.77. The zero-order valence-electron chi connectivity index (χ0n) is 10.4. The highest BCUT2D eigenvalue weighted by Gasteiger charge is 2.05. The summed E-state index contributed by atoms with van der Waals surface area (Å²) in [5.41, 5.74) is 0.966. The summed E-state index contributed by atoms with van der Waals surface area (Å²) in [6.45, 7) is 1.09. The van der Waals surface area contributed by atoms with Crippen LogP contribution in [0, 0.1) is 0 Å². The van der Waals surface area contributed by atoms with Gasteiger partial charge in [-0.1, -0.05) is 15.9 Å². The van der Waals surface area contributed by atoms with Crippen LogP contribution in [0.4, 0.5) is 5.69 Å². The molecule has 1 aromatic carbocycles. The molecule has 2 rings (SSSR count). The second-order valence-corrected chi connectivity index (χ2v) is 5.05. The molecule has 1 unspecified atom stereocenters. The van der Waals surface area contributed by atoms with Crippen LogP contribution < -0.4 is 5.32 Å². The number of hydrogen-bond acceptors (Lipinski definition) is 4. The second-order valence-electron chi connectivity index (χ2n) is 4.14.